The predicted octanol–water partition coefficient (Wildman–Crippen LogP) is 4.19. The van der Waals surface area contributed by atoms with Gasteiger partial charge in [0.15, 0.2) is 0 Å². The van der Waals surface area contributed by atoms with Crippen LogP contribution in [-0.4, -0.2) is 14.5 Å². The van der Waals surface area contributed by atoms with Crippen LogP contribution in [0.4, 0.5) is 5.69 Å². The van der Waals surface area contributed by atoms with Crippen molar-refractivity contribution in [2.24, 2.45) is 0 Å². The number of hydrogen-bond acceptors (Lipinski definition) is 3. The van der Waals surface area contributed by atoms with Crippen LogP contribution in [-0.2, 0) is 10.0 Å². The van der Waals surface area contributed by atoms with E-state index in [0.717, 1.165) is 16.5 Å². The summed E-state index contributed by atoms with van der Waals surface area (Å²) >= 11 is 0. The second-order valence-corrected chi connectivity index (χ2v) is 7.09. The monoisotopic (exact) mass is 331 g/mol. The van der Waals surface area contributed by atoms with Gasteiger partial charge in [-0.05, 0) is 44.5 Å². The molecular formula is C18H21NO3S. The van der Waals surface area contributed by atoms with Crippen molar-refractivity contribution in [2.75, 3.05) is 4.72 Å². The summed E-state index contributed by atoms with van der Waals surface area (Å²) in [5.41, 5.74) is 2.38. The molecule has 0 saturated heterocycles. The standard InChI is InChI=1S/C18H21NO3S/c1-14(2)22-18-7-5-4-6-17(18)19-23(20,21)13-12-16-10-8-15(3)9-11-16/h4-14,19H,1-3H3/b13-12+. The van der Waals surface area contributed by atoms with Crippen LogP contribution < -0.4 is 9.46 Å². The minimum Gasteiger partial charge on any atom is -0.489 e. The first-order chi connectivity index (χ1) is 10.9. The van der Waals surface area contributed by atoms with Crippen LogP contribution in [0.1, 0.15) is 25.0 Å². The van der Waals surface area contributed by atoms with Gasteiger partial charge in [0, 0.05) is 0 Å². The number of aryl methyl sites for hydroxylation is 1. The van der Waals surface area contributed by atoms with Gasteiger partial charge in [-0.15, -0.1) is 0 Å². The molecule has 0 aromatic heterocycles. The van der Waals surface area contributed by atoms with Crippen molar-refractivity contribution in [1.82, 2.24) is 0 Å². The molecule has 2 aromatic rings. The van der Waals surface area contributed by atoms with Crippen molar-refractivity contribution in [3.05, 3.63) is 65.1 Å². The highest BCUT2D eigenvalue weighted by Crippen LogP contribution is 2.26. The number of nitrogens with one attached hydrogen (secondary N) is 1. The van der Waals surface area contributed by atoms with Crippen LogP contribution in [0, 0.1) is 6.92 Å². The molecule has 2 aromatic carbocycles. The number of hydrogen-bond donors (Lipinski definition) is 1. The van der Waals surface area contributed by atoms with Crippen LogP contribution in [0.3, 0.4) is 0 Å². The fraction of sp³-hybridized carbons (Fsp3) is 0.222. The Morgan fingerprint density at radius 1 is 1.04 bits per heavy atom. The van der Waals surface area contributed by atoms with Crippen molar-refractivity contribution < 1.29 is 13.2 Å². The molecule has 0 amide bonds. The second-order valence-electron chi connectivity index (χ2n) is 5.52. The van der Waals surface area contributed by atoms with Gasteiger partial charge in [0.1, 0.15) is 5.75 Å². The molecule has 5 heteroatoms. The average Bonchev–Trinajstić information content (AvgIpc) is 2.48. The Morgan fingerprint density at radius 2 is 1.70 bits per heavy atom. The van der Waals surface area contributed by atoms with Crippen molar-refractivity contribution in [3.8, 4) is 5.75 Å². The van der Waals surface area contributed by atoms with E-state index in [-0.39, 0.29) is 6.10 Å². The summed E-state index contributed by atoms with van der Waals surface area (Å²) in [5, 5.41) is 1.16. The molecule has 0 unspecified atom stereocenters. The van der Waals surface area contributed by atoms with Gasteiger partial charge in [-0.2, -0.15) is 0 Å². The summed E-state index contributed by atoms with van der Waals surface area (Å²) in [6, 6.07) is 14.6. The third kappa shape index (κ3) is 5.45. The number of para-hydroxylation sites is 2. The zero-order valence-corrected chi connectivity index (χ0v) is 14.3. The van der Waals surface area contributed by atoms with Crippen LogP contribution in [0.2, 0.25) is 0 Å². The summed E-state index contributed by atoms with van der Waals surface area (Å²) in [4.78, 5) is 0. The number of anilines is 1. The van der Waals surface area contributed by atoms with E-state index in [4.69, 9.17) is 4.74 Å². The molecule has 0 atom stereocenters. The topological polar surface area (TPSA) is 55.4 Å². The van der Waals surface area contributed by atoms with Crippen molar-refractivity contribution in [2.45, 2.75) is 26.9 Å². The van der Waals surface area contributed by atoms with Gasteiger partial charge >= 0.3 is 0 Å². The molecule has 0 aliphatic rings. The van der Waals surface area contributed by atoms with Crippen LogP contribution in [0.15, 0.2) is 53.9 Å². The quantitative estimate of drug-likeness (QED) is 0.863. The Labute approximate surface area is 137 Å². The molecule has 122 valence electrons. The third-order valence-electron chi connectivity index (χ3n) is 3.02. The minimum atomic E-state index is -3.61. The van der Waals surface area contributed by atoms with Gasteiger partial charge in [-0.25, -0.2) is 8.42 Å². The van der Waals surface area contributed by atoms with E-state index < -0.39 is 10.0 Å². The fourth-order valence-electron chi connectivity index (χ4n) is 1.94. The van der Waals surface area contributed by atoms with Gasteiger partial charge in [0.25, 0.3) is 10.0 Å². The molecule has 0 aliphatic heterocycles. The number of rotatable bonds is 6. The molecule has 0 radical (unpaired) electrons. The van der Waals surface area contributed by atoms with E-state index in [1.165, 1.54) is 0 Å². The summed E-state index contributed by atoms with van der Waals surface area (Å²) in [6.45, 7) is 5.77. The smallest absolute Gasteiger partial charge is 0.255 e. The van der Waals surface area contributed by atoms with Crippen LogP contribution in [0.25, 0.3) is 6.08 Å². The number of sulfonamides is 1. The first kappa shape index (κ1) is 17.1. The maximum absolute atomic E-state index is 12.2. The summed E-state index contributed by atoms with van der Waals surface area (Å²) < 4.78 is 32.6. The normalized spacial score (nSPS) is 11.8. The average molecular weight is 331 g/mol. The van der Waals surface area contributed by atoms with Gasteiger partial charge in [0.05, 0.1) is 17.2 Å². The predicted molar refractivity (Wildman–Crippen MR) is 95.0 cm³/mol. The van der Waals surface area contributed by atoms with E-state index >= 15 is 0 Å². The Bertz CT molecular complexity index is 778. The molecule has 0 saturated carbocycles. The van der Waals surface area contributed by atoms with Gasteiger partial charge in [-0.1, -0.05) is 42.0 Å². The van der Waals surface area contributed by atoms with E-state index in [2.05, 4.69) is 4.72 Å². The molecule has 0 fully saturated rings. The largest absolute Gasteiger partial charge is 0.489 e. The first-order valence-corrected chi connectivity index (χ1v) is 8.93. The van der Waals surface area contributed by atoms with Crippen molar-refractivity contribution in [1.29, 1.82) is 0 Å². The molecule has 4 nitrogen and oxygen atoms in total. The van der Waals surface area contributed by atoms with E-state index in [9.17, 15) is 8.42 Å². The second kappa shape index (κ2) is 7.33. The lowest BCUT2D eigenvalue weighted by atomic mass is 10.2. The molecule has 0 aliphatic carbocycles. The highest BCUT2D eigenvalue weighted by molar-refractivity contribution is 7.95. The molecule has 0 spiro atoms. The Hall–Kier alpha value is -2.27. The molecular weight excluding hydrogens is 310 g/mol. The zero-order chi connectivity index (χ0) is 16.9. The maximum Gasteiger partial charge on any atom is 0.255 e. The summed E-state index contributed by atoms with van der Waals surface area (Å²) in [6.07, 6.45) is 1.52. The van der Waals surface area contributed by atoms with Crippen LogP contribution >= 0.6 is 0 Å². The minimum absolute atomic E-state index is 0.0382. The summed E-state index contributed by atoms with van der Waals surface area (Å²) in [7, 11) is -3.61. The Balaban J connectivity index is 2.17. The molecule has 0 heterocycles. The molecule has 23 heavy (non-hydrogen) atoms. The summed E-state index contributed by atoms with van der Waals surface area (Å²) in [5.74, 6) is 0.509. The van der Waals surface area contributed by atoms with Crippen molar-refractivity contribution in [3.63, 3.8) is 0 Å². The zero-order valence-electron chi connectivity index (χ0n) is 13.5. The van der Waals surface area contributed by atoms with Gasteiger partial charge in [0.2, 0.25) is 0 Å². The van der Waals surface area contributed by atoms with E-state index in [0.29, 0.717) is 11.4 Å². The van der Waals surface area contributed by atoms with Gasteiger partial charge in [-0.3, -0.25) is 4.72 Å². The number of ether oxygens (including phenoxy) is 1. The lowest BCUT2D eigenvalue weighted by Crippen LogP contribution is -2.12. The third-order valence-corrected chi connectivity index (χ3v) is 4.02. The van der Waals surface area contributed by atoms with Crippen molar-refractivity contribution >= 4 is 21.8 Å². The highest BCUT2D eigenvalue weighted by atomic mass is 32.2. The SMILES string of the molecule is Cc1ccc(/C=C/S(=O)(=O)Nc2ccccc2OC(C)C)cc1. The first-order valence-electron chi connectivity index (χ1n) is 7.39. The maximum atomic E-state index is 12.2. The molecule has 2 rings (SSSR count). The lowest BCUT2D eigenvalue weighted by Gasteiger charge is -2.14. The molecule has 0 bridgehead atoms. The Morgan fingerprint density at radius 3 is 2.35 bits per heavy atom. The van der Waals surface area contributed by atoms with Gasteiger partial charge < -0.3 is 4.74 Å². The van der Waals surface area contributed by atoms with Crippen LogP contribution in [0.5, 0.6) is 5.75 Å². The van der Waals surface area contributed by atoms with E-state index in [1.807, 2.05) is 45.0 Å². The number of benzene rings is 2. The van der Waals surface area contributed by atoms with E-state index in [1.54, 1.807) is 30.3 Å². The molecule has 1 N–H and O–H groups in total. The Kier molecular flexibility index (Phi) is 5.45. The fourth-order valence-corrected chi connectivity index (χ4v) is 2.82. The highest BCUT2D eigenvalue weighted by Gasteiger charge is 2.11. The lowest BCUT2D eigenvalue weighted by molar-refractivity contribution is 0.244.